The fourth-order valence-corrected chi connectivity index (χ4v) is 5.60. The SMILES string of the molecule is CC(=O)NC1(CC(=O)N(C)C[C@]2(O)CCCN(c3ccnc4ccncc34)C2)CCCCC1. The van der Waals surface area contributed by atoms with Gasteiger partial charge in [0.25, 0.3) is 0 Å². The molecule has 0 bridgehead atoms. The lowest BCUT2D eigenvalue weighted by Gasteiger charge is -2.43. The van der Waals surface area contributed by atoms with E-state index in [1.807, 2.05) is 18.3 Å². The van der Waals surface area contributed by atoms with Crippen molar-refractivity contribution in [1.82, 2.24) is 20.2 Å². The number of likely N-dealkylation sites (N-methyl/N-ethyl adjacent to an activating group) is 1. The van der Waals surface area contributed by atoms with Gasteiger partial charge in [0.05, 0.1) is 17.7 Å². The van der Waals surface area contributed by atoms with Crippen molar-refractivity contribution < 1.29 is 14.7 Å². The smallest absolute Gasteiger partial charge is 0.224 e. The molecular weight excluding hydrogens is 418 g/mol. The van der Waals surface area contributed by atoms with Gasteiger partial charge in [-0.3, -0.25) is 19.6 Å². The van der Waals surface area contributed by atoms with Crippen molar-refractivity contribution in [1.29, 1.82) is 0 Å². The lowest BCUT2D eigenvalue weighted by molar-refractivity contribution is -0.136. The van der Waals surface area contributed by atoms with Crippen molar-refractivity contribution >= 4 is 28.4 Å². The average Bonchev–Trinajstić information content (AvgIpc) is 2.78. The summed E-state index contributed by atoms with van der Waals surface area (Å²) in [7, 11) is 1.76. The third-order valence-electron chi connectivity index (χ3n) is 7.11. The number of carbonyl (C=O) groups excluding carboxylic acids is 2. The highest BCUT2D eigenvalue weighted by atomic mass is 16.3. The summed E-state index contributed by atoms with van der Waals surface area (Å²) in [5.74, 6) is -0.122. The van der Waals surface area contributed by atoms with Crippen LogP contribution in [-0.2, 0) is 9.59 Å². The number of aliphatic hydroxyl groups is 1. The van der Waals surface area contributed by atoms with Crippen molar-refractivity contribution in [2.45, 2.75) is 69.4 Å². The number of β-amino-alcohol motifs (C(OH)–C–C–N with tert-alkyl or cyclic N) is 1. The number of rotatable bonds is 6. The number of amides is 2. The monoisotopic (exact) mass is 453 g/mol. The molecule has 1 aliphatic heterocycles. The number of nitrogens with zero attached hydrogens (tertiary/aromatic N) is 4. The van der Waals surface area contributed by atoms with E-state index in [4.69, 9.17) is 0 Å². The van der Waals surface area contributed by atoms with Crippen LogP contribution in [0.1, 0.15) is 58.3 Å². The number of carbonyl (C=O) groups is 2. The van der Waals surface area contributed by atoms with E-state index >= 15 is 0 Å². The molecule has 0 radical (unpaired) electrons. The predicted octanol–water partition coefficient (Wildman–Crippen LogP) is 2.65. The van der Waals surface area contributed by atoms with E-state index in [1.165, 1.54) is 6.92 Å². The van der Waals surface area contributed by atoms with Crippen LogP contribution in [0.4, 0.5) is 5.69 Å². The minimum atomic E-state index is -1.01. The highest BCUT2D eigenvalue weighted by molar-refractivity contribution is 5.90. The number of piperidine rings is 1. The molecular formula is C25H35N5O3. The zero-order valence-corrected chi connectivity index (χ0v) is 19.7. The second kappa shape index (κ2) is 9.63. The summed E-state index contributed by atoms with van der Waals surface area (Å²) >= 11 is 0. The molecule has 2 N–H and O–H groups in total. The van der Waals surface area contributed by atoms with Gasteiger partial charge in [0, 0.05) is 68.7 Å². The minimum Gasteiger partial charge on any atom is -0.386 e. The first kappa shape index (κ1) is 23.4. The fraction of sp³-hybridized carbons (Fsp3) is 0.600. The maximum absolute atomic E-state index is 13.2. The molecule has 3 heterocycles. The first-order chi connectivity index (χ1) is 15.8. The van der Waals surface area contributed by atoms with Crippen LogP contribution in [0.15, 0.2) is 30.7 Å². The quantitative estimate of drug-likeness (QED) is 0.698. The molecule has 1 saturated carbocycles. The lowest BCUT2D eigenvalue weighted by atomic mass is 9.78. The Morgan fingerprint density at radius 1 is 1.15 bits per heavy atom. The van der Waals surface area contributed by atoms with Crippen molar-refractivity contribution in [3.05, 3.63) is 30.7 Å². The second-order valence-corrected chi connectivity index (χ2v) is 9.92. The zero-order valence-electron chi connectivity index (χ0n) is 19.7. The Morgan fingerprint density at radius 2 is 1.94 bits per heavy atom. The number of pyridine rings is 2. The Balaban J connectivity index is 1.45. The molecule has 1 atom stereocenters. The van der Waals surface area contributed by atoms with E-state index in [0.717, 1.165) is 61.7 Å². The van der Waals surface area contributed by atoms with Gasteiger partial charge >= 0.3 is 0 Å². The third-order valence-corrected chi connectivity index (χ3v) is 7.11. The summed E-state index contributed by atoms with van der Waals surface area (Å²) < 4.78 is 0. The lowest BCUT2D eigenvalue weighted by Crippen LogP contribution is -2.56. The molecule has 4 rings (SSSR count). The highest BCUT2D eigenvalue weighted by Crippen LogP contribution is 2.33. The van der Waals surface area contributed by atoms with Crippen LogP contribution < -0.4 is 10.2 Å². The summed E-state index contributed by atoms with van der Waals surface area (Å²) in [5, 5.41) is 15.5. The van der Waals surface area contributed by atoms with Crippen molar-refractivity contribution in [2.24, 2.45) is 0 Å². The largest absolute Gasteiger partial charge is 0.386 e. The van der Waals surface area contributed by atoms with Gasteiger partial charge in [-0.25, -0.2) is 0 Å². The molecule has 2 aromatic rings. The average molecular weight is 454 g/mol. The van der Waals surface area contributed by atoms with Gasteiger partial charge in [-0.2, -0.15) is 0 Å². The highest BCUT2D eigenvalue weighted by Gasteiger charge is 2.39. The molecule has 8 nitrogen and oxygen atoms in total. The van der Waals surface area contributed by atoms with Crippen LogP contribution in [0.2, 0.25) is 0 Å². The third kappa shape index (κ3) is 5.43. The Hall–Kier alpha value is -2.74. The Kier molecular flexibility index (Phi) is 6.83. The molecule has 2 aromatic heterocycles. The van der Waals surface area contributed by atoms with Gasteiger partial charge in [0.1, 0.15) is 0 Å². The predicted molar refractivity (Wildman–Crippen MR) is 128 cm³/mol. The normalized spacial score (nSPS) is 22.7. The molecule has 2 fully saturated rings. The molecule has 33 heavy (non-hydrogen) atoms. The van der Waals surface area contributed by atoms with Crippen LogP contribution >= 0.6 is 0 Å². The van der Waals surface area contributed by atoms with E-state index < -0.39 is 11.1 Å². The Bertz CT molecular complexity index is 1000. The van der Waals surface area contributed by atoms with E-state index in [9.17, 15) is 14.7 Å². The summed E-state index contributed by atoms with van der Waals surface area (Å²) in [6.07, 6.45) is 11.9. The van der Waals surface area contributed by atoms with E-state index in [2.05, 4.69) is 20.2 Å². The molecule has 1 saturated heterocycles. The van der Waals surface area contributed by atoms with Crippen LogP contribution in [0.25, 0.3) is 10.9 Å². The Labute approximate surface area is 195 Å². The van der Waals surface area contributed by atoms with Gasteiger partial charge in [0.2, 0.25) is 11.8 Å². The van der Waals surface area contributed by atoms with Crippen LogP contribution in [0.3, 0.4) is 0 Å². The molecule has 2 amide bonds. The zero-order chi connectivity index (χ0) is 23.5. The Morgan fingerprint density at radius 3 is 2.70 bits per heavy atom. The topological polar surface area (TPSA) is 98.7 Å². The number of hydrogen-bond donors (Lipinski definition) is 2. The molecule has 2 aliphatic rings. The van der Waals surface area contributed by atoms with Crippen molar-refractivity contribution in [3.63, 3.8) is 0 Å². The summed E-state index contributed by atoms with van der Waals surface area (Å²) in [6, 6.07) is 3.85. The van der Waals surface area contributed by atoms with E-state index in [-0.39, 0.29) is 24.8 Å². The fourth-order valence-electron chi connectivity index (χ4n) is 5.60. The standard InChI is InChI=1S/C25H35N5O3/c1-19(31)28-24(9-4-3-5-10-24)15-23(32)29(2)17-25(33)11-6-14-30(18-25)22-8-13-27-21-7-12-26-16-20(21)22/h7-8,12-13,16,33H,3-6,9-11,14-15,17-18H2,1-2H3,(H,28,31)/t25-/m1/s1. The molecule has 1 aliphatic carbocycles. The maximum Gasteiger partial charge on any atom is 0.224 e. The summed E-state index contributed by atoms with van der Waals surface area (Å²) in [4.78, 5) is 37.5. The number of nitrogens with one attached hydrogen (secondary N) is 1. The number of anilines is 1. The summed E-state index contributed by atoms with van der Waals surface area (Å²) in [6.45, 7) is 3.05. The van der Waals surface area contributed by atoms with E-state index in [0.29, 0.717) is 13.0 Å². The maximum atomic E-state index is 13.2. The van der Waals surface area contributed by atoms with Crippen LogP contribution in [0, 0.1) is 0 Å². The summed E-state index contributed by atoms with van der Waals surface area (Å²) in [5.41, 5.74) is 0.417. The number of fused-ring (bicyclic) bond motifs is 1. The second-order valence-electron chi connectivity index (χ2n) is 9.92. The van der Waals surface area contributed by atoms with Gasteiger partial charge in [-0.1, -0.05) is 19.3 Å². The molecule has 8 heteroatoms. The van der Waals surface area contributed by atoms with Gasteiger partial charge in [-0.05, 0) is 37.8 Å². The molecule has 178 valence electrons. The number of aromatic nitrogens is 2. The molecule has 0 aromatic carbocycles. The van der Waals surface area contributed by atoms with Gasteiger partial charge in [-0.15, -0.1) is 0 Å². The van der Waals surface area contributed by atoms with Gasteiger partial charge < -0.3 is 20.2 Å². The molecule has 0 spiro atoms. The van der Waals surface area contributed by atoms with Crippen LogP contribution in [-0.4, -0.2) is 69.6 Å². The molecule has 0 unspecified atom stereocenters. The van der Waals surface area contributed by atoms with Crippen molar-refractivity contribution in [2.75, 3.05) is 31.6 Å². The number of hydrogen-bond acceptors (Lipinski definition) is 6. The van der Waals surface area contributed by atoms with E-state index in [1.54, 1.807) is 24.3 Å². The minimum absolute atomic E-state index is 0.0326. The van der Waals surface area contributed by atoms with Gasteiger partial charge in [0.15, 0.2) is 0 Å². The van der Waals surface area contributed by atoms with Crippen LogP contribution in [0.5, 0.6) is 0 Å². The first-order valence-corrected chi connectivity index (χ1v) is 12.0. The van der Waals surface area contributed by atoms with Crippen molar-refractivity contribution in [3.8, 4) is 0 Å². The first-order valence-electron chi connectivity index (χ1n) is 12.0.